The van der Waals surface area contributed by atoms with E-state index in [0.717, 1.165) is 6.42 Å². The van der Waals surface area contributed by atoms with Crippen molar-refractivity contribution in [2.24, 2.45) is 10.8 Å². The molecule has 134 valence electrons. The molecule has 0 aliphatic carbocycles. The first kappa shape index (κ1) is 15.4. The number of piperidine rings is 1. The van der Waals surface area contributed by atoms with Crippen molar-refractivity contribution in [3.05, 3.63) is 12.3 Å². The molecule has 5 atom stereocenters. The number of fused-ring (bicyclic) bond motifs is 2. The average molecular weight is 347 g/mol. The van der Waals surface area contributed by atoms with Gasteiger partial charge in [-0.25, -0.2) is 4.79 Å². The van der Waals surface area contributed by atoms with Crippen LogP contribution in [0.3, 0.4) is 0 Å². The molecular weight excluding hydrogens is 326 g/mol. The Morgan fingerprint density at radius 1 is 1.40 bits per heavy atom. The summed E-state index contributed by atoms with van der Waals surface area (Å²) in [4.78, 5) is 41.2. The van der Waals surface area contributed by atoms with E-state index in [1.54, 1.807) is 11.8 Å². The van der Waals surface area contributed by atoms with Crippen LogP contribution in [0.5, 0.6) is 0 Å². The van der Waals surface area contributed by atoms with Crippen LogP contribution in [0.25, 0.3) is 0 Å². The van der Waals surface area contributed by atoms with E-state index >= 15 is 0 Å². The second kappa shape index (κ2) is 4.26. The highest BCUT2D eigenvalue weighted by molar-refractivity contribution is 6.15. The van der Waals surface area contributed by atoms with Gasteiger partial charge in [-0.2, -0.15) is 0 Å². The Morgan fingerprint density at radius 2 is 2.20 bits per heavy atom. The highest BCUT2D eigenvalue weighted by Gasteiger charge is 2.95. The largest absolute Gasteiger partial charge is 0.493 e. The van der Waals surface area contributed by atoms with E-state index in [9.17, 15) is 14.4 Å². The summed E-state index contributed by atoms with van der Waals surface area (Å²) in [5, 5.41) is 0. The quantitative estimate of drug-likeness (QED) is 0.558. The Bertz CT molecular complexity index is 748. The second-order valence-corrected chi connectivity index (χ2v) is 7.65. The van der Waals surface area contributed by atoms with Crippen LogP contribution >= 0.6 is 0 Å². The molecule has 0 saturated carbocycles. The van der Waals surface area contributed by atoms with Gasteiger partial charge in [-0.1, -0.05) is 6.92 Å². The van der Waals surface area contributed by atoms with Crippen LogP contribution in [0.2, 0.25) is 0 Å². The van der Waals surface area contributed by atoms with Crippen molar-refractivity contribution in [2.45, 2.75) is 57.0 Å². The Morgan fingerprint density at radius 3 is 2.92 bits per heavy atom. The Kier molecular flexibility index (Phi) is 2.62. The lowest BCUT2D eigenvalue weighted by atomic mass is 9.50. The van der Waals surface area contributed by atoms with Crippen molar-refractivity contribution in [2.75, 3.05) is 13.2 Å². The predicted molar refractivity (Wildman–Crippen MR) is 82.9 cm³/mol. The lowest BCUT2D eigenvalue weighted by Gasteiger charge is -2.55. The van der Waals surface area contributed by atoms with Crippen molar-refractivity contribution >= 4 is 17.7 Å². The summed E-state index contributed by atoms with van der Waals surface area (Å²) in [6, 6.07) is 0. The number of carbonyl (C=O) groups excluding carboxylic acids is 3. The number of carbonyl (C=O) groups is 3. The number of hydrogen-bond acceptors (Lipinski definition) is 6. The highest BCUT2D eigenvalue weighted by atomic mass is 16.6. The predicted octanol–water partition coefficient (Wildman–Crippen LogP) is 0.919. The first-order valence-electron chi connectivity index (χ1n) is 9.03. The molecule has 0 radical (unpaired) electrons. The van der Waals surface area contributed by atoms with E-state index in [1.165, 1.54) is 6.26 Å². The zero-order chi connectivity index (χ0) is 17.7. The maximum atomic E-state index is 13.7. The standard InChI is InChI=1S/C18H21NO6/c1-3-15-6-5-8-19-11(20)10-16-7-9-24-13(16)17(12(15)21,14(22)23-4-2)25-18(15,16)19/h7,9,13H,3-6,8,10H2,1-2H3/t13?,15-,16+,17+,18-/m1/s1. The fourth-order valence-electron chi connectivity index (χ4n) is 6.31. The van der Waals surface area contributed by atoms with Crippen LogP contribution in [-0.2, 0) is 28.6 Å². The van der Waals surface area contributed by atoms with Gasteiger partial charge in [-0.3, -0.25) is 9.59 Å². The van der Waals surface area contributed by atoms with Gasteiger partial charge in [0.15, 0.2) is 17.6 Å². The molecule has 1 unspecified atom stereocenters. The Balaban J connectivity index is 1.82. The molecule has 7 nitrogen and oxygen atoms in total. The third-order valence-corrected chi connectivity index (χ3v) is 7.07. The van der Waals surface area contributed by atoms with Crippen molar-refractivity contribution in [3.63, 3.8) is 0 Å². The van der Waals surface area contributed by atoms with Crippen LogP contribution < -0.4 is 0 Å². The fourth-order valence-corrected chi connectivity index (χ4v) is 6.31. The number of hydrogen-bond donors (Lipinski definition) is 0. The SMILES string of the molecule is CCOC(=O)[C@]12O[C@]34N(CCC[C@]3(CC)C1=O)C(=O)C[C@]41C=COC21. The van der Waals surface area contributed by atoms with Gasteiger partial charge in [0.05, 0.1) is 23.7 Å². The molecule has 4 saturated heterocycles. The number of nitrogens with zero attached hydrogens (tertiary/aromatic N) is 1. The molecule has 0 aromatic rings. The lowest BCUT2D eigenvalue weighted by Crippen LogP contribution is -2.71. The number of esters is 1. The Labute approximate surface area is 145 Å². The average Bonchev–Trinajstić information content (AvgIpc) is 3.25. The van der Waals surface area contributed by atoms with Crippen LogP contribution in [0.4, 0.5) is 0 Å². The molecule has 0 aromatic heterocycles. The topological polar surface area (TPSA) is 82.1 Å². The zero-order valence-corrected chi connectivity index (χ0v) is 14.4. The normalized spacial score (nSPS) is 48.6. The third-order valence-electron chi connectivity index (χ3n) is 7.07. The van der Waals surface area contributed by atoms with E-state index in [-0.39, 0.29) is 24.7 Å². The molecule has 2 bridgehead atoms. The number of rotatable bonds is 3. The summed E-state index contributed by atoms with van der Waals surface area (Å²) >= 11 is 0. The maximum Gasteiger partial charge on any atom is 0.350 e. The lowest BCUT2D eigenvalue weighted by molar-refractivity contribution is -0.215. The molecule has 5 aliphatic rings. The summed E-state index contributed by atoms with van der Waals surface area (Å²) < 4.78 is 17.4. The van der Waals surface area contributed by atoms with Gasteiger partial charge in [0, 0.05) is 13.0 Å². The first-order valence-corrected chi connectivity index (χ1v) is 9.03. The van der Waals surface area contributed by atoms with Gasteiger partial charge in [0.2, 0.25) is 5.91 Å². The molecule has 25 heavy (non-hydrogen) atoms. The number of amides is 1. The number of Topliss-reactive ketones (excluding diaryl/α,β-unsaturated/α-hetero) is 1. The van der Waals surface area contributed by atoms with Gasteiger partial charge in [-0.15, -0.1) is 0 Å². The van der Waals surface area contributed by atoms with Gasteiger partial charge < -0.3 is 19.1 Å². The molecule has 0 aromatic carbocycles. The minimum absolute atomic E-state index is 0.0372. The van der Waals surface area contributed by atoms with Crippen LogP contribution in [0.1, 0.15) is 39.5 Å². The van der Waals surface area contributed by atoms with E-state index in [1.807, 2.05) is 13.0 Å². The summed E-state index contributed by atoms with van der Waals surface area (Å²) in [5.41, 5.74) is -4.61. The van der Waals surface area contributed by atoms with E-state index in [0.29, 0.717) is 19.4 Å². The molecular formula is C18H21NO6. The maximum absolute atomic E-state index is 13.7. The van der Waals surface area contributed by atoms with Crippen molar-refractivity contribution in [3.8, 4) is 0 Å². The van der Waals surface area contributed by atoms with Crippen molar-refractivity contribution in [1.29, 1.82) is 0 Å². The summed E-state index contributed by atoms with van der Waals surface area (Å²) in [6.45, 7) is 4.32. The molecule has 5 rings (SSSR count). The molecule has 4 fully saturated rings. The van der Waals surface area contributed by atoms with Crippen LogP contribution in [-0.4, -0.2) is 53.1 Å². The Hall–Kier alpha value is -1.89. The van der Waals surface area contributed by atoms with Gasteiger partial charge in [-0.05, 0) is 32.3 Å². The van der Waals surface area contributed by atoms with E-state index < -0.39 is 34.2 Å². The van der Waals surface area contributed by atoms with Gasteiger partial charge >= 0.3 is 5.97 Å². The summed E-state index contributed by atoms with van der Waals surface area (Å²) in [5.74, 6) is -0.999. The molecule has 5 heterocycles. The first-order chi connectivity index (χ1) is 12.0. The summed E-state index contributed by atoms with van der Waals surface area (Å²) in [6.07, 6.45) is 4.57. The molecule has 5 aliphatic heterocycles. The molecule has 2 spiro atoms. The number of ether oxygens (including phenoxy) is 3. The molecule has 1 amide bonds. The van der Waals surface area contributed by atoms with Gasteiger partial charge in [0.25, 0.3) is 5.60 Å². The van der Waals surface area contributed by atoms with Crippen molar-refractivity contribution < 1.29 is 28.6 Å². The smallest absolute Gasteiger partial charge is 0.350 e. The van der Waals surface area contributed by atoms with Crippen molar-refractivity contribution in [1.82, 2.24) is 4.90 Å². The molecule has 0 N–H and O–H groups in total. The van der Waals surface area contributed by atoms with Crippen LogP contribution in [0.15, 0.2) is 12.3 Å². The number of ketones is 1. The van der Waals surface area contributed by atoms with Crippen LogP contribution in [0, 0.1) is 10.8 Å². The monoisotopic (exact) mass is 347 g/mol. The van der Waals surface area contributed by atoms with Gasteiger partial charge in [0.1, 0.15) is 0 Å². The fraction of sp³-hybridized carbons (Fsp3) is 0.722. The highest BCUT2D eigenvalue weighted by Crippen LogP contribution is 2.76. The van der Waals surface area contributed by atoms with E-state index in [2.05, 4.69) is 0 Å². The third kappa shape index (κ3) is 1.18. The van der Waals surface area contributed by atoms with E-state index in [4.69, 9.17) is 14.2 Å². The minimum atomic E-state index is -1.78. The summed E-state index contributed by atoms with van der Waals surface area (Å²) in [7, 11) is 0. The minimum Gasteiger partial charge on any atom is -0.493 e. The zero-order valence-electron chi connectivity index (χ0n) is 14.4. The molecule has 7 heteroatoms. The second-order valence-electron chi connectivity index (χ2n) is 7.65.